The summed E-state index contributed by atoms with van der Waals surface area (Å²) in [6.45, 7) is 3.42. The number of halogens is 2. The van der Waals surface area contributed by atoms with E-state index in [1.165, 1.54) is 11.8 Å². The minimum Gasteiger partial charge on any atom is -0.478 e. The second-order valence-corrected chi connectivity index (χ2v) is 6.65. The van der Waals surface area contributed by atoms with Crippen LogP contribution in [0.2, 0.25) is 5.02 Å². The van der Waals surface area contributed by atoms with Gasteiger partial charge in [0, 0.05) is 15.2 Å². The van der Waals surface area contributed by atoms with Crippen LogP contribution in [0.15, 0.2) is 27.7 Å². The molecule has 1 heterocycles. The van der Waals surface area contributed by atoms with Crippen LogP contribution in [-0.4, -0.2) is 21.0 Å². The van der Waals surface area contributed by atoms with Gasteiger partial charge in [0.05, 0.1) is 5.69 Å². The van der Waals surface area contributed by atoms with Crippen molar-refractivity contribution in [1.82, 2.24) is 9.97 Å². The van der Waals surface area contributed by atoms with E-state index in [4.69, 9.17) is 11.6 Å². The molecule has 7 heteroatoms. The zero-order valence-electron chi connectivity index (χ0n) is 11.4. The highest BCUT2D eigenvalue weighted by Gasteiger charge is 2.17. The van der Waals surface area contributed by atoms with Crippen LogP contribution in [-0.2, 0) is 5.75 Å². The van der Waals surface area contributed by atoms with Crippen LogP contribution < -0.4 is 0 Å². The largest absolute Gasteiger partial charge is 0.478 e. The number of hydrogen-bond acceptors (Lipinski definition) is 4. The third kappa shape index (κ3) is 3.96. The minimum atomic E-state index is -1.02. The number of nitrogens with zero attached hydrogens (tertiary/aromatic N) is 2. The number of aromatic nitrogens is 2. The number of aromatic carboxylic acids is 1. The quantitative estimate of drug-likeness (QED) is 0.618. The van der Waals surface area contributed by atoms with Gasteiger partial charge in [0.15, 0.2) is 0 Å². The molecule has 0 fully saturated rings. The molecule has 21 heavy (non-hydrogen) atoms. The lowest BCUT2D eigenvalue weighted by atomic mass is 10.2. The lowest BCUT2D eigenvalue weighted by molar-refractivity contribution is 0.0690. The molecule has 0 spiro atoms. The Bertz CT molecular complexity index is 710. The fourth-order valence-corrected chi connectivity index (χ4v) is 3.76. The van der Waals surface area contributed by atoms with Gasteiger partial charge in [0.2, 0.25) is 0 Å². The summed E-state index contributed by atoms with van der Waals surface area (Å²) < 4.78 is 0.904. The maximum absolute atomic E-state index is 11.4. The van der Waals surface area contributed by atoms with Crippen molar-refractivity contribution in [2.24, 2.45) is 0 Å². The number of benzene rings is 1. The van der Waals surface area contributed by atoms with Crippen molar-refractivity contribution < 1.29 is 9.90 Å². The Morgan fingerprint density at radius 1 is 1.38 bits per heavy atom. The summed E-state index contributed by atoms with van der Waals surface area (Å²) in [5, 5.41) is 10.4. The zero-order chi connectivity index (χ0) is 15.6. The minimum absolute atomic E-state index is 0.152. The van der Waals surface area contributed by atoms with Crippen molar-refractivity contribution in [2.45, 2.75) is 24.6 Å². The first-order valence-electron chi connectivity index (χ1n) is 6.03. The summed E-state index contributed by atoms with van der Waals surface area (Å²) in [4.78, 5) is 19.7. The maximum Gasteiger partial charge on any atom is 0.340 e. The van der Waals surface area contributed by atoms with E-state index in [1.54, 1.807) is 13.8 Å². The third-order valence-corrected chi connectivity index (χ3v) is 4.63. The van der Waals surface area contributed by atoms with Gasteiger partial charge in [0.25, 0.3) is 0 Å². The average molecular weight is 388 g/mol. The first kappa shape index (κ1) is 16.3. The van der Waals surface area contributed by atoms with E-state index in [0.29, 0.717) is 27.3 Å². The Balaban J connectivity index is 2.29. The van der Waals surface area contributed by atoms with Gasteiger partial charge >= 0.3 is 5.97 Å². The van der Waals surface area contributed by atoms with Gasteiger partial charge in [-0.25, -0.2) is 14.8 Å². The van der Waals surface area contributed by atoms with Crippen LogP contribution in [0.3, 0.4) is 0 Å². The van der Waals surface area contributed by atoms with Crippen LogP contribution in [0.5, 0.6) is 0 Å². The average Bonchev–Trinajstić information content (AvgIpc) is 2.36. The summed E-state index contributed by atoms with van der Waals surface area (Å²) in [5.74, 6) is 0.0845. The number of carbonyl (C=O) groups is 1. The molecule has 0 saturated carbocycles. The molecule has 0 radical (unpaired) electrons. The van der Waals surface area contributed by atoms with Gasteiger partial charge < -0.3 is 5.11 Å². The van der Waals surface area contributed by atoms with E-state index >= 15 is 0 Å². The smallest absolute Gasteiger partial charge is 0.340 e. The van der Waals surface area contributed by atoms with E-state index in [-0.39, 0.29) is 5.56 Å². The van der Waals surface area contributed by atoms with Gasteiger partial charge in [-0.1, -0.05) is 33.6 Å². The predicted octanol–water partition coefficient (Wildman–Crippen LogP) is 4.50. The second-order valence-electron chi connectivity index (χ2n) is 4.37. The number of thioether (sulfide) groups is 1. The Labute approximate surface area is 140 Å². The van der Waals surface area contributed by atoms with Gasteiger partial charge in [-0.3, -0.25) is 0 Å². The van der Waals surface area contributed by atoms with E-state index in [2.05, 4.69) is 25.9 Å². The van der Waals surface area contributed by atoms with Crippen LogP contribution in [0, 0.1) is 13.8 Å². The van der Waals surface area contributed by atoms with Crippen LogP contribution in [0.4, 0.5) is 0 Å². The van der Waals surface area contributed by atoms with E-state index in [1.807, 2.05) is 18.2 Å². The van der Waals surface area contributed by atoms with Crippen molar-refractivity contribution in [1.29, 1.82) is 0 Å². The lowest BCUT2D eigenvalue weighted by Gasteiger charge is -2.09. The highest BCUT2D eigenvalue weighted by atomic mass is 79.9. The highest BCUT2D eigenvalue weighted by Crippen LogP contribution is 2.30. The molecule has 1 aromatic carbocycles. The monoisotopic (exact) mass is 386 g/mol. The summed E-state index contributed by atoms with van der Waals surface area (Å²) in [6, 6.07) is 5.61. The van der Waals surface area contributed by atoms with E-state index in [9.17, 15) is 9.90 Å². The number of carboxylic acid groups (broad SMARTS) is 1. The Kier molecular flexibility index (Phi) is 5.24. The first-order valence-corrected chi connectivity index (χ1v) is 8.19. The molecule has 1 aromatic heterocycles. The van der Waals surface area contributed by atoms with Crippen molar-refractivity contribution >= 4 is 45.3 Å². The fraction of sp³-hybridized carbons (Fsp3) is 0.214. The molecule has 110 valence electrons. The summed E-state index contributed by atoms with van der Waals surface area (Å²) in [7, 11) is 0. The molecule has 0 aliphatic heterocycles. The Hall–Kier alpha value is -1.11. The summed E-state index contributed by atoms with van der Waals surface area (Å²) >= 11 is 10.9. The molecule has 0 amide bonds. The molecule has 4 nitrogen and oxygen atoms in total. The van der Waals surface area contributed by atoms with Crippen LogP contribution >= 0.6 is 39.3 Å². The fourth-order valence-electron chi connectivity index (χ4n) is 1.82. The molecule has 0 saturated heterocycles. The third-order valence-electron chi connectivity index (χ3n) is 2.76. The molecule has 1 N–H and O–H groups in total. The van der Waals surface area contributed by atoms with Gasteiger partial charge in [-0.2, -0.15) is 0 Å². The van der Waals surface area contributed by atoms with Crippen molar-refractivity contribution in [3.63, 3.8) is 0 Å². The molecule has 0 bridgehead atoms. The normalized spacial score (nSPS) is 10.7. The molecule has 0 aliphatic carbocycles. The number of carboxylic acids is 1. The molecular formula is C14H12BrClN2O2S. The van der Waals surface area contributed by atoms with Gasteiger partial charge in [-0.15, -0.1) is 11.8 Å². The number of rotatable bonds is 4. The van der Waals surface area contributed by atoms with Crippen molar-refractivity contribution in [3.8, 4) is 0 Å². The topological polar surface area (TPSA) is 63.1 Å². The predicted molar refractivity (Wildman–Crippen MR) is 87.2 cm³/mol. The molecule has 2 rings (SSSR count). The molecule has 0 aliphatic rings. The molecule has 2 aromatic rings. The number of hydrogen-bond donors (Lipinski definition) is 1. The molecule has 0 unspecified atom stereocenters. The molecule has 0 atom stereocenters. The zero-order valence-corrected chi connectivity index (χ0v) is 14.5. The van der Waals surface area contributed by atoms with Gasteiger partial charge in [0.1, 0.15) is 16.4 Å². The van der Waals surface area contributed by atoms with Gasteiger partial charge in [-0.05, 0) is 31.5 Å². The number of aryl methyl sites for hydroxylation is 2. The van der Waals surface area contributed by atoms with Crippen molar-refractivity contribution in [3.05, 3.63) is 50.3 Å². The SMILES string of the molecule is Cc1nc(C)c(C(=O)O)c(SCc2ccc(Br)cc2Cl)n1. The van der Waals surface area contributed by atoms with E-state index in [0.717, 1.165) is 10.0 Å². The maximum atomic E-state index is 11.4. The Morgan fingerprint density at radius 2 is 2.10 bits per heavy atom. The highest BCUT2D eigenvalue weighted by molar-refractivity contribution is 9.10. The standard InChI is InChI=1S/C14H12BrClN2O2S/c1-7-12(14(19)20)13(18-8(2)17-7)21-6-9-3-4-10(15)5-11(9)16/h3-5H,6H2,1-2H3,(H,19,20). The van der Waals surface area contributed by atoms with Crippen molar-refractivity contribution in [2.75, 3.05) is 0 Å². The second kappa shape index (κ2) is 6.77. The van der Waals surface area contributed by atoms with E-state index < -0.39 is 5.97 Å². The van der Waals surface area contributed by atoms with Crippen LogP contribution in [0.25, 0.3) is 0 Å². The summed E-state index contributed by atoms with van der Waals surface area (Å²) in [5.41, 5.74) is 1.55. The molecular weight excluding hydrogens is 376 g/mol. The van der Waals surface area contributed by atoms with Crippen LogP contribution in [0.1, 0.15) is 27.4 Å². The first-order chi connectivity index (χ1) is 9.88. The summed E-state index contributed by atoms with van der Waals surface area (Å²) in [6.07, 6.45) is 0. The Morgan fingerprint density at radius 3 is 2.71 bits per heavy atom. The lowest BCUT2D eigenvalue weighted by Crippen LogP contribution is -2.08.